The Labute approximate surface area is 108 Å². The second-order valence-corrected chi connectivity index (χ2v) is 7.08. The van der Waals surface area contributed by atoms with Crippen molar-refractivity contribution in [1.82, 2.24) is 9.84 Å². The van der Waals surface area contributed by atoms with Crippen LogP contribution in [0.15, 0.2) is 0 Å². The molecule has 3 nitrogen and oxygen atoms in total. The molecule has 0 radical (unpaired) electrons. The zero-order valence-electron chi connectivity index (χ0n) is 12.9. The molecule has 0 bridgehead atoms. The van der Waals surface area contributed by atoms with Gasteiger partial charge in [0, 0.05) is 0 Å². The van der Waals surface area contributed by atoms with Crippen molar-refractivity contribution in [2.24, 2.45) is 0 Å². The first kappa shape index (κ1) is 15.1. The molecule has 0 aromatic heterocycles. The van der Waals surface area contributed by atoms with Crippen molar-refractivity contribution in [3.63, 3.8) is 0 Å². The Balaban J connectivity index is 3.00. The average Bonchev–Trinajstić information content (AvgIpc) is 2.54. The van der Waals surface area contributed by atoms with Crippen molar-refractivity contribution >= 4 is 14.1 Å². The largest absolute Gasteiger partial charge is 0.470 e. The van der Waals surface area contributed by atoms with Crippen molar-refractivity contribution in [1.29, 1.82) is 0 Å². The highest BCUT2D eigenvalue weighted by atomic mass is 16.4. The SMILES string of the molecule is CCN1B(C(C)(C)C)OB(C(C)(C)C)N1CC. The maximum atomic E-state index is 6.35. The molecule has 0 saturated carbocycles. The van der Waals surface area contributed by atoms with Crippen molar-refractivity contribution in [2.45, 2.75) is 66.0 Å². The second-order valence-electron chi connectivity index (χ2n) is 7.08. The van der Waals surface area contributed by atoms with E-state index in [9.17, 15) is 0 Å². The highest BCUT2D eigenvalue weighted by molar-refractivity contribution is 6.70. The molecule has 0 amide bonds. The first-order chi connectivity index (χ1) is 7.62. The highest BCUT2D eigenvalue weighted by Crippen LogP contribution is 2.41. The van der Waals surface area contributed by atoms with Crippen molar-refractivity contribution in [3.05, 3.63) is 0 Å². The number of rotatable bonds is 2. The van der Waals surface area contributed by atoms with Crippen LogP contribution in [0.3, 0.4) is 0 Å². The van der Waals surface area contributed by atoms with Crippen molar-refractivity contribution in [3.8, 4) is 0 Å². The summed E-state index contributed by atoms with van der Waals surface area (Å²) in [4.78, 5) is 4.77. The minimum Gasteiger partial charge on any atom is -0.470 e. The third-order valence-electron chi connectivity index (χ3n) is 3.26. The molecule has 1 aliphatic heterocycles. The quantitative estimate of drug-likeness (QED) is 0.687. The van der Waals surface area contributed by atoms with E-state index >= 15 is 0 Å². The van der Waals surface area contributed by atoms with Gasteiger partial charge in [-0.05, 0) is 23.7 Å². The molecule has 1 fully saturated rings. The van der Waals surface area contributed by atoms with Gasteiger partial charge in [-0.1, -0.05) is 55.4 Å². The Morgan fingerprint density at radius 1 is 0.765 bits per heavy atom. The monoisotopic (exact) mass is 238 g/mol. The third-order valence-corrected chi connectivity index (χ3v) is 3.26. The first-order valence-corrected chi connectivity index (χ1v) is 6.81. The lowest BCUT2D eigenvalue weighted by Gasteiger charge is -2.35. The lowest BCUT2D eigenvalue weighted by molar-refractivity contribution is 0.168. The standard InChI is InChI=1S/C12H28B2N2O/c1-9-15-13(11(3,4)5)17-14(12(6,7)8)16(15)10-2/h9-10H2,1-8H3. The minimum absolute atomic E-state index is 0.142. The predicted molar refractivity (Wildman–Crippen MR) is 76.8 cm³/mol. The van der Waals surface area contributed by atoms with Gasteiger partial charge in [0.25, 0.3) is 0 Å². The first-order valence-electron chi connectivity index (χ1n) is 6.81. The van der Waals surface area contributed by atoms with Crippen molar-refractivity contribution in [2.75, 3.05) is 13.1 Å². The molecule has 98 valence electrons. The molecule has 0 unspecified atom stereocenters. The summed E-state index contributed by atoms with van der Waals surface area (Å²) in [7, 11) is 0.355. The van der Waals surface area contributed by atoms with Gasteiger partial charge in [0.15, 0.2) is 0 Å². The Morgan fingerprint density at radius 2 is 1.06 bits per heavy atom. The molecule has 1 aliphatic rings. The normalized spacial score (nSPS) is 20.5. The maximum absolute atomic E-state index is 6.35. The molecule has 0 aromatic carbocycles. The molecule has 5 heteroatoms. The number of hydrogen-bond donors (Lipinski definition) is 0. The van der Waals surface area contributed by atoms with Gasteiger partial charge in [0.2, 0.25) is 0 Å². The van der Waals surface area contributed by atoms with Crippen LogP contribution >= 0.6 is 0 Å². The fraction of sp³-hybridized carbons (Fsp3) is 1.00. The molecular formula is C12H28B2N2O. The van der Waals surface area contributed by atoms with Crippen LogP contribution in [-0.4, -0.2) is 37.0 Å². The summed E-state index contributed by atoms with van der Waals surface area (Å²) in [5.41, 5.74) is 0. The van der Waals surface area contributed by atoms with E-state index in [0.717, 1.165) is 13.1 Å². The Morgan fingerprint density at radius 3 is 1.24 bits per heavy atom. The summed E-state index contributed by atoms with van der Waals surface area (Å²) in [5, 5.41) is 0.285. The van der Waals surface area contributed by atoms with Crippen molar-refractivity contribution < 1.29 is 4.57 Å². The second kappa shape index (κ2) is 4.94. The van der Waals surface area contributed by atoms with E-state index < -0.39 is 0 Å². The molecule has 0 spiro atoms. The summed E-state index contributed by atoms with van der Waals surface area (Å²) in [6.45, 7) is 19.9. The lowest BCUT2D eigenvalue weighted by Crippen LogP contribution is -2.51. The van der Waals surface area contributed by atoms with Crippen LogP contribution in [-0.2, 0) is 4.57 Å². The highest BCUT2D eigenvalue weighted by Gasteiger charge is 2.54. The summed E-state index contributed by atoms with van der Waals surface area (Å²) in [6, 6.07) is 0. The Hall–Kier alpha value is 0.00987. The maximum Gasteiger partial charge on any atom is 0.387 e. The lowest BCUT2D eigenvalue weighted by atomic mass is 9.52. The third kappa shape index (κ3) is 3.07. The molecule has 17 heavy (non-hydrogen) atoms. The molecule has 0 aromatic rings. The van der Waals surface area contributed by atoms with Gasteiger partial charge in [-0.2, -0.15) is 0 Å². The van der Waals surface area contributed by atoms with Crippen LogP contribution in [0.2, 0.25) is 10.6 Å². The molecule has 1 rings (SSSR count). The number of hydrogen-bond acceptors (Lipinski definition) is 3. The number of nitrogens with zero attached hydrogens (tertiary/aromatic N) is 2. The number of hydrazine groups is 1. The fourth-order valence-electron chi connectivity index (χ4n) is 2.53. The van der Waals surface area contributed by atoms with Crippen LogP contribution in [0, 0.1) is 0 Å². The van der Waals surface area contributed by atoms with Crippen LogP contribution in [0.5, 0.6) is 0 Å². The fourth-order valence-corrected chi connectivity index (χ4v) is 2.53. The van der Waals surface area contributed by atoms with E-state index in [1.807, 2.05) is 0 Å². The van der Waals surface area contributed by atoms with E-state index in [-0.39, 0.29) is 24.7 Å². The topological polar surface area (TPSA) is 15.7 Å². The summed E-state index contributed by atoms with van der Waals surface area (Å²) >= 11 is 0. The Kier molecular flexibility index (Phi) is 4.38. The van der Waals surface area contributed by atoms with Crippen LogP contribution in [0.1, 0.15) is 55.4 Å². The van der Waals surface area contributed by atoms with Gasteiger partial charge in [-0.25, -0.2) is 0 Å². The van der Waals surface area contributed by atoms with Crippen LogP contribution in [0.4, 0.5) is 0 Å². The molecule has 0 aliphatic carbocycles. The summed E-state index contributed by atoms with van der Waals surface area (Å²) in [5.74, 6) is 0. The molecular weight excluding hydrogens is 210 g/mol. The van der Waals surface area contributed by atoms with E-state index in [1.165, 1.54) is 0 Å². The van der Waals surface area contributed by atoms with Gasteiger partial charge in [0.1, 0.15) is 0 Å². The summed E-state index contributed by atoms with van der Waals surface area (Å²) < 4.78 is 6.35. The zero-order valence-corrected chi connectivity index (χ0v) is 12.9. The van der Waals surface area contributed by atoms with Gasteiger partial charge in [0.05, 0.1) is 0 Å². The van der Waals surface area contributed by atoms with Gasteiger partial charge >= 0.3 is 14.1 Å². The molecule has 1 saturated heterocycles. The molecule has 0 N–H and O–H groups in total. The average molecular weight is 238 g/mol. The van der Waals surface area contributed by atoms with E-state index in [0.29, 0.717) is 0 Å². The van der Waals surface area contributed by atoms with E-state index in [1.54, 1.807) is 0 Å². The predicted octanol–water partition coefficient (Wildman–Crippen LogP) is 3.15. The van der Waals surface area contributed by atoms with Gasteiger partial charge in [-0.15, -0.1) is 0 Å². The van der Waals surface area contributed by atoms with E-state index in [4.69, 9.17) is 4.57 Å². The van der Waals surface area contributed by atoms with Crippen LogP contribution in [0.25, 0.3) is 0 Å². The molecule has 1 heterocycles. The smallest absolute Gasteiger partial charge is 0.387 e. The van der Waals surface area contributed by atoms with Gasteiger partial charge < -0.3 is 4.57 Å². The van der Waals surface area contributed by atoms with E-state index in [2.05, 4.69) is 65.2 Å². The van der Waals surface area contributed by atoms with Crippen LogP contribution < -0.4 is 0 Å². The summed E-state index contributed by atoms with van der Waals surface area (Å²) in [6.07, 6.45) is 0. The van der Waals surface area contributed by atoms with Gasteiger partial charge in [-0.3, -0.25) is 9.84 Å². The Bertz CT molecular complexity index is 234. The minimum atomic E-state index is 0.142. The molecule has 0 atom stereocenters. The zero-order chi connectivity index (χ0) is 13.4.